The molecular weight excluding hydrogens is 492 g/mol. The molecule has 1 aromatic heterocycles. The average molecular weight is 519 g/mol. The number of nitrogens with one attached hydrogen (secondary N) is 2. The fourth-order valence-electron chi connectivity index (χ4n) is 3.62. The molecule has 0 aliphatic rings. The number of nitrogens with zero attached hydrogens (tertiary/aromatic N) is 2. The summed E-state index contributed by atoms with van der Waals surface area (Å²) in [5, 5.41) is 2.74. The van der Waals surface area contributed by atoms with Gasteiger partial charge in [-0.3, -0.25) is 9.59 Å². The predicted octanol–water partition coefficient (Wildman–Crippen LogP) is 3.58. The number of aryl methyl sites for hydroxylation is 1. The van der Waals surface area contributed by atoms with Crippen LogP contribution < -0.4 is 15.6 Å². The number of anilines is 1. The molecular formula is C27H26N4O5S. The molecule has 0 unspecified atom stereocenters. The fraction of sp³-hybridized carbons (Fsp3) is 0.148. The van der Waals surface area contributed by atoms with Gasteiger partial charge in [0.1, 0.15) is 11.6 Å². The maximum Gasteiger partial charge on any atom is 0.262 e. The summed E-state index contributed by atoms with van der Waals surface area (Å²) < 4.78 is 32.6. The Morgan fingerprint density at radius 1 is 1.00 bits per heavy atom. The Hall–Kier alpha value is -4.28. The van der Waals surface area contributed by atoms with E-state index in [2.05, 4.69) is 15.3 Å². The van der Waals surface area contributed by atoms with Gasteiger partial charge < -0.3 is 15.0 Å². The number of aromatic nitrogens is 2. The van der Waals surface area contributed by atoms with Crippen LogP contribution in [-0.4, -0.2) is 42.3 Å². The van der Waals surface area contributed by atoms with E-state index in [9.17, 15) is 18.0 Å². The average Bonchev–Trinajstić information content (AvgIpc) is 2.88. The molecule has 9 nitrogen and oxygen atoms in total. The number of aromatic amines is 1. The van der Waals surface area contributed by atoms with Gasteiger partial charge in [-0.2, -0.15) is 4.31 Å². The number of carbonyl (C=O) groups excluding carboxylic acids is 1. The predicted molar refractivity (Wildman–Crippen MR) is 141 cm³/mol. The molecule has 0 radical (unpaired) electrons. The highest BCUT2D eigenvalue weighted by molar-refractivity contribution is 7.89. The van der Waals surface area contributed by atoms with Crippen molar-refractivity contribution in [3.63, 3.8) is 0 Å². The van der Waals surface area contributed by atoms with E-state index in [1.807, 2.05) is 30.3 Å². The number of carbonyl (C=O) groups is 1. The first-order chi connectivity index (χ1) is 17.7. The van der Waals surface area contributed by atoms with Crippen LogP contribution in [0.5, 0.6) is 5.75 Å². The van der Waals surface area contributed by atoms with Crippen LogP contribution in [0.25, 0.3) is 11.4 Å². The molecule has 10 heteroatoms. The Kier molecular flexibility index (Phi) is 7.80. The van der Waals surface area contributed by atoms with Gasteiger partial charge in [0.05, 0.1) is 4.90 Å². The van der Waals surface area contributed by atoms with Gasteiger partial charge in [-0.1, -0.05) is 42.5 Å². The number of sulfonamides is 1. The number of hydrogen-bond acceptors (Lipinski definition) is 6. The molecule has 4 aromatic rings. The second kappa shape index (κ2) is 11.2. The maximum absolute atomic E-state index is 12.9. The van der Waals surface area contributed by atoms with Crippen molar-refractivity contribution >= 4 is 21.6 Å². The van der Waals surface area contributed by atoms with Gasteiger partial charge in [0, 0.05) is 36.6 Å². The van der Waals surface area contributed by atoms with Crippen LogP contribution in [0, 0.1) is 6.92 Å². The largest absolute Gasteiger partial charge is 0.484 e. The lowest BCUT2D eigenvalue weighted by Gasteiger charge is -2.17. The zero-order chi connectivity index (χ0) is 26.4. The van der Waals surface area contributed by atoms with Gasteiger partial charge in [-0.05, 0) is 48.9 Å². The second-order valence-corrected chi connectivity index (χ2v) is 10.4. The maximum atomic E-state index is 12.9. The minimum absolute atomic E-state index is 0.127. The van der Waals surface area contributed by atoms with E-state index in [1.54, 1.807) is 31.2 Å². The summed E-state index contributed by atoms with van der Waals surface area (Å²) in [5.74, 6) is 0.360. The van der Waals surface area contributed by atoms with Crippen LogP contribution in [0.15, 0.2) is 94.6 Å². The van der Waals surface area contributed by atoms with E-state index in [4.69, 9.17) is 4.74 Å². The van der Waals surface area contributed by atoms with Crippen molar-refractivity contribution in [2.45, 2.75) is 18.4 Å². The van der Waals surface area contributed by atoms with Crippen molar-refractivity contribution in [3.05, 3.63) is 107 Å². The summed E-state index contributed by atoms with van der Waals surface area (Å²) in [7, 11) is -2.16. The molecule has 190 valence electrons. The van der Waals surface area contributed by atoms with Crippen molar-refractivity contribution in [1.82, 2.24) is 14.3 Å². The summed E-state index contributed by atoms with van der Waals surface area (Å²) in [6.07, 6.45) is 0. The van der Waals surface area contributed by atoms with E-state index in [0.717, 1.165) is 5.56 Å². The smallest absolute Gasteiger partial charge is 0.262 e. The molecule has 37 heavy (non-hydrogen) atoms. The Bertz CT molecular complexity index is 1550. The number of benzene rings is 3. The third kappa shape index (κ3) is 6.69. The number of H-pyrrole nitrogens is 1. The molecule has 0 spiro atoms. The normalized spacial score (nSPS) is 11.3. The van der Waals surface area contributed by atoms with Crippen molar-refractivity contribution in [2.24, 2.45) is 0 Å². The minimum atomic E-state index is -3.69. The summed E-state index contributed by atoms with van der Waals surface area (Å²) in [5.41, 5.74) is 2.37. The first-order valence-corrected chi connectivity index (χ1v) is 12.9. The standard InChI is InChI=1S/C27H26N4O5S/c1-19-15-25(32)30-27(28-19)21-9-6-10-22(16-21)29-26(33)18-36-23-11-13-24(14-12-23)37(34,35)31(2)17-20-7-4-3-5-8-20/h3-16H,17-18H2,1-2H3,(H,29,33)(H,28,30,32). The molecule has 0 bridgehead atoms. The van der Waals surface area contributed by atoms with Crippen LogP contribution in [0.4, 0.5) is 5.69 Å². The van der Waals surface area contributed by atoms with Gasteiger partial charge in [-0.25, -0.2) is 13.4 Å². The van der Waals surface area contributed by atoms with E-state index < -0.39 is 15.9 Å². The van der Waals surface area contributed by atoms with Crippen molar-refractivity contribution in [3.8, 4) is 17.1 Å². The molecule has 1 amide bonds. The van der Waals surface area contributed by atoms with Crippen LogP contribution in [0.1, 0.15) is 11.3 Å². The van der Waals surface area contributed by atoms with Crippen LogP contribution in [-0.2, 0) is 21.4 Å². The third-order valence-electron chi connectivity index (χ3n) is 5.44. The van der Waals surface area contributed by atoms with Gasteiger partial charge in [0.15, 0.2) is 6.61 Å². The summed E-state index contributed by atoms with van der Waals surface area (Å²) in [6.45, 7) is 1.70. The molecule has 4 rings (SSSR count). The van der Waals surface area contributed by atoms with Gasteiger partial charge in [0.2, 0.25) is 10.0 Å². The van der Waals surface area contributed by atoms with Crippen LogP contribution >= 0.6 is 0 Å². The van der Waals surface area contributed by atoms with Crippen molar-refractivity contribution < 1.29 is 17.9 Å². The van der Waals surface area contributed by atoms with E-state index in [-0.39, 0.29) is 23.6 Å². The van der Waals surface area contributed by atoms with Crippen LogP contribution in [0.2, 0.25) is 0 Å². The highest BCUT2D eigenvalue weighted by Crippen LogP contribution is 2.21. The highest BCUT2D eigenvalue weighted by atomic mass is 32.2. The summed E-state index contributed by atoms with van der Waals surface area (Å²) in [6, 6.07) is 23.6. The van der Waals surface area contributed by atoms with Gasteiger partial charge in [-0.15, -0.1) is 0 Å². The summed E-state index contributed by atoms with van der Waals surface area (Å²) >= 11 is 0. The zero-order valence-corrected chi connectivity index (χ0v) is 21.2. The number of rotatable bonds is 9. The minimum Gasteiger partial charge on any atom is -0.484 e. The number of hydrogen-bond donors (Lipinski definition) is 2. The third-order valence-corrected chi connectivity index (χ3v) is 7.26. The Labute approximate surface area is 214 Å². The molecule has 1 heterocycles. The molecule has 0 aliphatic carbocycles. The van der Waals surface area contributed by atoms with E-state index >= 15 is 0 Å². The molecule has 3 aromatic carbocycles. The Balaban J connectivity index is 1.35. The Morgan fingerprint density at radius 2 is 1.73 bits per heavy atom. The molecule has 0 saturated heterocycles. The van der Waals surface area contributed by atoms with Crippen molar-refractivity contribution in [2.75, 3.05) is 19.0 Å². The first-order valence-electron chi connectivity index (χ1n) is 11.4. The zero-order valence-electron chi connectivity index (χ0n) is 20.3. The van der Waals surface area contributed by atoms with Gasteiger partial charge >= 0.3 is 0 Å². The van der Waals surface area contributed by atoms with E-state index in [0.29, 0.717) is 28.5 Å². The lowest BCUT2D eigenvalue weighted by molar-refractivity contribution is -0.118. The topological polar surface area (TPSA) is 121 Å². The molecule has 0 atom stereocenters. The Morgan fingerprint density at radius 3 is 2.43 bits per heavy atom. The first kappa shape index (κ1) is 25.8. The molecule has 0 saturated carbocycles. The quantitative estimate of drug-likeness (QED) is 0.349. The lowest BCUT2D eigenvalue weighted by atomic mass is 10.2. The van der Waals surface area contributed by atoms with Crippen LogP contribution in [0.3, 0.4) is 0 Å². The highest BCUT2D eigenvalue weighted by Gasteiger charge is 2.21. The summed E-state index contributed by atoms with van der Waals surface area (Å²) in [4.78, 5) is 31.3. The van der Waals surface area contributed by atoms with E-state index in [1.165, 1.54) is 41.7 Å². The fourth-order valence-corrected chi connectivity index (χ4v) is 4.78. The second-order valence-electron chi connectivity index (χ2n) is 8.37. The van der Waals surface area contributed by atoms with Gasteiger partial charge in [0.25, 0.3) is 11.5 Å². The SMILES string of the molecule is Cc1cc(=O)[nH]c(-c2cccc(NC(=O)COc3ccc(S(=O)(=O)N(C)Cc4ccccc4)cc3)c2)n1. The molecule has 2 N–H and O–H groups in total. The lowest BCUT2D eigenvalue weighted by Crippen LogP contribution is -2.26. The number of amides is 1. The molecule has 0 fully saturated rings. The monoisotopic (exact) mass is 518 g/mol. The molecule has 0 aliphatic heterocycles. The number of ether oxygens (including phenoxy) is 1. The van der Waals surface area contributed by atoms with Crippen molar-refractivity contribution in [1.29, 1.82) is 0 Å².